The van der Waals surface area contributed by atoms with Crippen molar-refractivity contribution < 1.29 is 24.2 Å². The second-order valence-corrected chi connectivity index (χ2v) is 27.5. The summed E-state index contributed by atoms with van der Waals surface area (Å²) in [6.07, 6.45) is 29.8. The predicted octanol–water partition coefficient (Wildman–Crippen LogP) is 11.0. The zero-order valence-electron chi connectivity index (χ0n) is 41.9. The Balaban J connectivity index is 0.967. The van der Waals surface area contributed by atoms with Crippen LogP contribution in [-0.2, 0) is 26.3 Å². The van der Waals surface area contributed by atoms with Gasteiger partial charge >= 0.3 is 11.9 Å². The number of carbonyl (C=O) groups excluding carboxylic acids is 2. The molecule has 1 aromatic carbocycles. The molecule has 19 atom stereocenters. The number of carbonyl (C=O) groups is 2. The van der Waals surface area contributed by atoms with Crippen molar-refractivity contribution in [3.63, 3.8) is 0 Å². The molecule has 17 rings (SSSR count). The average Bonchev–Trinajstić information content (AvgIpc) is 4.01. The quantitative estimate of drug-likeness (QED) is 0.227. The number of hydrogen-bond acceptors (Lipinski definition) is 8. The number of rotatable bonds is 4. The lowest BCUT2D eigenvalue weighted by molar-refractivity contribution is -0.283. The molecule has 70 heavy (non-hydrogen) atoms. The molecule has 19 unspecified atom stereocenters. The highest BCUT2D eigenvalue weighted by Gasteiger charge is 2.94. The Kier molecular flexibility index (Phi) is 8.10. The van der Waals surface area contributed by atoms with Crippen LogP contribution >= 0.6 is 0 Å². The SMILES string of the molecule is CC1C=C2CCC34CC2C2=C5CCC67C(=C(O)C8CCC9C%10CC(CN9C8C8CC9C=CC%11CCCC%11(C9)C8)C8CCC(=C(C53)N8C%10)CC4C)OC(=O)C26C(C1)C71OC(=O)c2c(CCCN)cccc21. The van der Waals surface area contributed by atoms with E-state index in [0.29, 0.717) is 95.4 Å². The predicted molar refractivity (Wildman–Crippen MR) is 265 cm³/mol. The highest BCUT2D eigenvalue weighted by molar-refractivity contribution is 6.00. The van der Waals surface area contributed by atoms with Crippen LogP contribution in [0.1, 0.15) is 157 Å². The second-order valence-electron chi connectivity index (χ2n) is 27.5. The number of benzene rings is 1. The molecule has 1 aromatic rings. The number of nitrogens with zero attached hydrogens (tertiary/aromatic N) is 2. The number of nitrogens with two attached hydrogens (primary N) is 1. The summed E-state index contributed by atoms with van der Waals surface area (Å²) in [5, 5.41) is 14.2. The number of ether oxygens (including phenoxy) is 2. The van der Waals surface area contributed by atoms with Crippen molar-refractivity contribution in [2.75, 3.05) is 19.6 Å². The van der Waals surface area contributed by atoms with Gasteiger partial charge in [0.15, 0.2) is 11.4 Å². The van der Waals surface area contributed by atoms with E-state index in [0.717, 1.165) is 62.6 Å². The Labute approximate surface area is 415 Å². The lowest BCUT2D eigenvalue weighted by atomic mass is 9.26. The summed E-state index contributed by atoms with van der Waals surface area (Å²) in [6, 6.07) is 7.66. The summed E-state index contributed by atoms with van der Waals surface area (Å²) < 4.78 is 14.7. The molecule has 7 aliphatic heterocycles. The van der Waals surface area contributed by atoms with Gasteiger partial charge in [0.1, 0.15) is 11.2 Å². The van der Waals surface area contributed by atoms with Crippen LogP contribution in [0, 0.1) is 86.8 Å². The summed E-state index contributed by atoms with van der Waals surface area (Å²) in [5.74, 6) is 4.21. The van der Waals surface area contributed by atoms with Gasteiger partial charge in [-0.1, -0.05) is 73.4 Å². The zero-order chi connectivity index (χ0) is 46.6. The summed E-state index contributed by atoms with van der Waals surface area (Å²) in [5.41, 5.74) is 14.1. The fraction of sp³-hybridized carbons (Fsp3) is 0.710. The summed E-state index contributed by atoms with van der Waals surface area (Å²) >= 11 is 0. The van der Waals surface area contributed by atoms with Gasteiger partial charge in [-0.05, 0) is 192 Å². The topological polar surface area (TPSA) is 105 Å². The number of aryl methyl sites for hydroxylation is 1. The maximum atomic E-state index is 16.6. The average molecular weight is 942 g/mol. The number of aliphatic hydroxyl groups is 1. The number of aliphatic hydroxyl groups excluding tert-OH is 1. The van der Waals surface area contributed by atoms with Gasteiger partial charge in [-0.25, -0.2) is 4.79 Å². The van der Waals surface area contributed by atoms with Gasteiger partial charge in [-0.15, -0.1) is 0 Å². The van der Waals surface area contributed by atoms with E-state index in [9.17, 15) is 5.11 Å². The van der Waals surface area contributed by atoms with Crippen LogP contribution in [0.4, 0.5) is 0 Å². The van der Waals surface area contributed by atoms with E-state index in [1.165, 1.54) is 82.7 Å². The van der Waals surface area contributed by atoms with E-state index in [-0.39, 0.29) is 47.1 Å². The van der Waals surface area contributed by atoms with Gasteiger partial charge in [0.05, 0.1) is 11.0 Å². The molecule has 4 saturated heterocycles. The molecule has 0 amide bonds. The molecule has 5 spiro atoms. The normalized spacial score (nSPS) is 51.1. The van der Waals surface area contributed by atoms with Crippen molar-refractivity contribution in [3.05, 3.63) is 92.6 Å². The van der Waals surface area contributed by atoms with Crippen LogP contribution in [0.3, 0.4) is 0 Å². The lowest BCUT2D eigenvalue weighted by Gasteiger charge is -2.74. The Morgan fingerprint density at radius 1 is 0.900 bits per heavy atom. The van der Waals surface area contributed by atoms with E-state index in [1.54, 1.807) is 22.4 Å². The third-order valence-electron chi connectivity index (χ3n) is 25.5. The third-order valence-corrected chi connectivity index (χ3v) is 25.5. The van der Waals surface area contributed by atoms with E-state index >= 15 is 9.59 Å². The number of piperidine rings is 3. The number of fused-ring (bicyclic) bond motifs is 9. The first-order valence-corrected chi connectivity index (χ1v) is 29.1. The van der Waals surface area contributed by atoms with Crippen molar-refractivity contribution in [1.82, 2.24) is 9.80 Å². The van der Waals surface area contributed by atoms with Crippen LogP contribution in [0.15, 0.2) is 75.9 Å². The van der Waals surface area contributed by atoms with Crippen LogP contribution in [0.2, 0.25) is 0 Å². The molecule has 4 saturated carbocycles. The largest absolute Gasteiger partial charge is 0.508 e. The van der Waals surface area contributed by atoms with Gasteiger partial charge in [-0.3, -0.25) is 9.69 Å². The van der Waals surface area contributed by atoms with E-state index < -0.39 is 16.4 Å². The summed E-state index contributed by atoms with van der Waals surface area (Å²) in [4.78, 5) is 37.9. The van der Waals surface area contributed by atoms with Gasteiger partial charge < -0.3 is 25.2 Å². The first kappa shape index (κ1) is 41.8. The molecule has 3 N–H and O–H groups in total. The molecule has 0 aromatic heterocycles. The van der Waals surface area contributed by atoms with Crippen molar-refractivity contribution in [2.45, 2.75) is 166 Å². The Morgan fingerprint density at radius 2 is 1.80 bits per heavy atom. The fourth-order valence-corrected chi connectivity index (χ4v) is 23.7. The number of allylic oxidation sites excluding steroid dienone is 6. The van der Waals surface area contributed by atoms with Crippen molar-refractivity contribution in [1.29, 1.82) is 0 Å². The molecule has 16 aliphatic rings. The number of hydrogen-bond donors (Lipinski definition) is 2. The molecule has 7 heterocycles. The van der Waals surface area contributed by atoms with Gasteiger partial charge in [0, 0.05) is 66.1 Å². The standard InChI is InChI=1S/C62H75N3O5/c1-32-22-36-16-19-59-29-44(36)50-42-17-20-60-55(69-57(68)61(50,60)48(23-32)62(60)45-9-3-6-35(7-5-21-63)49(45)56(67)70-62)54(66)43-13-15-47-40-26-39(46-14-11-37(24-33(59)2)53(51(42)59)65(46)31-40)30-64(47)52(43)38-25-34-10-12-41-8-4-18-58(41,27-34)28-38/h3,6,9-10,12,22,32-34,38-41,43-44,46-48,51-52,66H,4-5,7-8,11,13-21,23-31,63H2,1-2H3. The van der Waals surface area contributed by atoms with Crippen LogP contribution in [-0.4, -0.2) is 64.6 Å². The summed E-state index contributed by atoms with van der Waals surface area (Å²) in [6.45, 7) is 7.83. The minimum absolute atomic E-state index is 0.142. The van der Waals surface area contributed by atoms with E-state index in [1.807, 2.05) is 0 Å². The van der Waals surface area contributed by atoms with Gasteiger partial charge in [0.2, 0.25) is 0 Å². The highest BCUT2D eigenvalue weighted by atomic mass is 16.6. The highest BCUT2D eigenvalue weighted by Crippen LogP contribution is 2.89. The first-order valence-electron chi connectivity index (χ1n) is 29.1. The molecule has 11 bridgehead atoms. The molecule has 8 fully saturated rings. The van der Waals surface area contributed by atoms with Gasteiger partial charge in [-0.2, -0.15) is 0 Å². The van der Waals surface area contributed by atoms with Crippen LogP contribution in [0.25, 0.3) is 0 Å². The molecule has 8 nitrogen and oxygen atoms in total. The smallest absolute Gasteiger partial charge is 0.339 e. The molecule has 9 aliphatic carbocycles. The van der Waals surface area contributed by atoms with E-state index in [2.05, 4.69) is 60.1 Å². The maximum Gasteiger partial charge on any atom is 0.339 e. The first-order chi connectivity index (χ1) is 34.1. The molecule has 368 valence electrons. The van der Waals surface area contributed by atoms with Crippen molar-refractivity contribution in [3.8, 4) is 0 Å². The fourth-order valence-electron chi connectivity index (χ4n) is 23.7. The Morgan fingerprint density at radius 3 is 2.70 bits per heavy atom. The van der Waals surface area contributed by atoms with Crippen LogP contribution < -0.4 is 5.73 Å². The number of esters is 2. The summed E-state index contributed by atoms with van der Waals surface area (Å²) in [7, 11) is 0. The minimum atomic E-state index is -1.14. The second kappa shape index (κ2) is 13.6. The molecule has 8 heteroatoms. The van der Waals surface area contributed by atoms with Gasteiger partial charge in [0.25, 0.3) is 0 Å². The van der Waals surface area contributed by atoms with Crippen LogP contribution in [0.5, 0.6) is 0 Å². The Bertz CT molecular complexity index is 2780. The lowest BCUT2D eigenvalue weighted by Crippen LogP contribution is -2.78. The maximum absolute atomic E-state index is 16.6. The molecular formula is C62H75N3O5. The van der Waals surface area contributed by atoms with E-state index in [4.69, 9.17) is 15.2 Å². The van der Waals surface area contributed by atoms with Crippen molar-refractivity contribution in [2.24, 2.45) is 92.5 Å². The monoisotopic (exact) mass is 942 g/mol. The molecular weight excluding hydrogens is 867 g/mol. The molecule has 0 radical (unpaired) electrons. The minimum Gasteiger partial charge on any atom is -0.508 e. The van der Waals surface area contributed by atoms with Crippen molar-refractivity contribution >= 4 is 11.9 Å². The third kappa shape index (κ3) is 4.48. The zero-order valence-corrected chi connectivity index (χ0v) is 41.9. The Hall–Kier alpha value is -3.62.